The van der Waals surface area contributed by atoms with E-state index < -0.39 is 23.5 Å². The molecule has 27 heavy (non-hydrogen) atoms. The summed E-state index contributed by atoms with van der Waals surface area (Å²) in [5.74, 6) is -2.42. The van der Waals surface area contributed by atoms with Crippen molar-refractivity contribution in [2.24, 2.45) is 11.0 Å². The molecule has 0 bridgehead atoms. The SMILES string of the molecule is COC(=O)C1=NN(C(C)(C)CC(C)=O)[C@H]2C(=O)N(C3CCCCC3)C(=O)[C@H]12. The molecule has 1 aliphatic carbocycles. The van der Waals surface area contributed by atoms with Crippen molar-refractivity contribution in [3.05, 3.63) is 0 Å². The van der Waals surface area contributed by atoms with Gasteiger partial charge in [-0.2, -0.15) is 5.10 Å². The second-order valence-corrected chi connectivity index (χ2v) is 8.27. The first kappa shape index (κ1) is 19.5. The number of esters is 1. The second-order valence-electron chi connectivity index (χ2n) is 8.27. The number of methoxy groups -OCH3 is 1. The molecular weight excluding hydrogens is 350 g/mol. The number of ketones is 1. The van der Waals surface area contributed by atoms with E-state index in [1.54, 1.807) is 13.8 Å². The number of Topliss-reactive ketones (excluding diaryl/α,β-unsaturated/α-hetero) is 1. The van der Waals surface area contributed by atoms with Gasteiger partial charge in [0.05, 0.1) is 12.6 Å². The fraction of sp³-hybridized carbons (Fsp3) is 0.737. The van der Waals surface area contributed by atoms with E-state index in [1.165, 1.54) is 23.9 Å². The lowest BCUT2D eigenvalue weighted by molar-refractivity contribution is -0.145. The fourth-order valence-corrected chi connectivity index (χ4v) is 4.60. The Morgan fingerprint density at radius 1 is 1.15 bits per heavy atom. The zero-order valence-electron chi connectivity index (χ0n) is 16.4. The minimum absolute atomic E-state index is 0.0456. The topological polar surface area (TPSA) is 96.3 Å². The van der Waals surface area contributed by atoms with E-state index in [-0.39, 0.29) is 35.8 Å². The molecule has 0 spiro atoms. The summed E-state index contributed by atoms with van der Waals surface area (Å²) in [6, 6.07) is -1.01. The molecule has 0 aromatic rings. The number of rotatable bonds is 5. The molecule has 148 valence electrons. The molecule has 1 saturated heterocycles. The Morgan fingerprint density at radius 3 is 2.33 bits per heavy atom. The summed E-state index contributed by atoms with van der Waals surface area (Å²) in [5, 5.41) is 5.78. The van der Waals surface area contributed by atoms with Crippen molar-refractivity contribution in [1.29, 1.82) is 0 Å². The van der Waals surface area contributed by atoms with Crippen molar-refractivity contribution >= 4 is 29.3 Å². The number of ether oxygens (including phenoxy) is 1. The first-order valence-corrected chi connectivity index (χ1v) is 9.51. The van der Waals surface area contributed by atoms with Crippen molar-refractivity contribution in [3.63, 3.8) is 0 Å². The van der Waals surface area contributed by atoms with Gasteiger partial charge in [0, 0.05) is 12.5 Å². The van der Waals surface area contributed by atoms with Gasteiger partial charge < -0.3 is 4.74 Å². The third-order valence-corrected chi connectivity index (χ3v) is 5.72. The van der Waals surface area contributed by atoms with Crippen molar-refractivity contribution in [2.75, 3.05) is 7.11 Å². The van der Waals surface area contributed by atoms with Gasteiger partial charge in [0.1, 0.15) is 17.7 Å². The average molecular weight is 377 g/mol. The van der Waals surface area contributed by atoms with Crippen LogP contribution in [0.3, 0.4) is 0 Å². The maximum atomic E-state index is 13.2. The number of fused-ring (bicyclic) bond motifs is 1. The molecule has 2 aliphatic heterocycles. The van der Waals surface area contributed by atoms with Crippen LogP contribution in [-0.2, 0) is 23.9 Å². The Balaban J connectivity index is 1.99. The van der Waals surface area contributed by atoms with Gasteiger partial charge >= 0.3 is 5.97 Å². The van der Waals surface area contributed by atoms with Crippen LogP contribution >= 0.6 is 0 Å². The molecular formula is C19H27N3O5. The van der Waals surface area contributed by atoms with E-state index in [2.05, 4.69) is 5.10 Å². The first-order valence-electron chi connectivity index (χ1n) is 9.51. The van der Waals surface area contributed by atoms with E-state index >= 15 is 0 Å². The van der Waals surface area contributed by atoms with Crippen molar-refractivity contribution in [1.82, 2.24) is 9.91 Å². The summed E-state index contributed by atoms with van der Waals surface area (Å²) in [6.07, 6.45) is 4.80. The van der Waals surface area contributed by atoms with Crippen LogP contribution in [-0.4, -0.2) is 63.9 Å². The zero-order chi connectivity index (χ0) is 19.9. The monoisotopic (exact) mass is 377 g/mol. The van der Waals surface area contributed by atoms with Crippen LogP contribution in [0.4, 0.5) is 0 Å². The predicted octanol–water partition coefficient (Wildman–Crippen LogP) is 1.27. The smallest absolute Gasteiger partial charge is 0.355 e. The highest BCUT2D eigenvalue weighted by Crippen LogP contribution is 2.40. The molecule has 2 fully saturated rings. The number of likely N-dealkylation sites (tertiary alicyclic amines) is 1. The Labute approximate surface area is 158 Å². The molecule has 3 rings (SSSR count). The molecule has 0 radical (unpaired) electrons. The minimum Gasteiger partial charge on any atom is -0.464 e. The third kappa shape index (κ3) is 3.26. The molecule has 0 aromatic heterocycles. The van der Waals surface area contributed by atoms with E-state index in [0.29, 0.717) is 0 Å². The van der Waals surface area contributed by atoms with E-state index in [9.17, 15) is 19.2 Å². The number of hydrazone groups is 1. The van der Waals surface area contributed by atoms with Gasteiger partial charge in [0.15, 0.2) is 5.71 Å². The molecule has 3 aliphatic rings. The second kappa shape index (κ2) is 7.05. The maximum Gasteiger partial charge on any atom is 0.355 e. The molecule has 8 nitrogen and oxygen atoms in total. The summed E-state index contributed by atoms with van der Waals surface area (Å²) in [5.41, 5.74) is -0.848. The number of hydrogen-bond donors (Lipinski definition) is 0. The van der Waals surface area contributed by atoms with Crippen LogP contribution in [0.1, 0.15) is 59.3 Å². The van der Waals surface area contributed by atoms with Gasteiger partial charge in [0.2, 0.25) is 5.91 Å². The van der Waals surface area contributed by atoms with Crippen LogP contribution in [0.25, 0.3) is 0 Å². The van der Waals surface area contributed by atoms with Crippen molar-refractivity contribution in [2.45, 2.75) is 76.9 Å². The number of amides is 2. The summed E-state index contributed by atoms with van der Waals surface area (Å²) in [7, 11) is 1.23. The summed E-state index contributed by atoms with van der Waals surface area (Å²) < 4.78 is 4.80. The summed E-state index contributed by atoms with van der Waals surface area (Å²) in [4.78, 5) is 51.7. The largest absolute Gasteiger partial charge is 0.464 e. The molecule has 8 heteroatoms. The lowest BCUT2D eigenvalue weighted by Crippen LogP contribution is -2.51. The van der Waals surface area contributed by atoms with Crippen LogP contribution in [0.15, 0.2) is 5.10 Å². The highest BCUT2D eigenvalue weighted by Gasteiger charge is 2.61. The van der Waals surface area contributed by atoms with Crippen LogP contribution in [0, 0.1) is 5.92 Å². The third-order valence-electron chi connectivity index (χ3n) is 5.72. The predicted molar refractivity (Wildman–Crippen MR) is 96.7 cm³/mol. The fourth-order valence-electron chi connectivity index (χ4n) is 4.60. The van der Waals surface area contributed by atoms with Gasteiger partial charge in [0.25, 0.3) is 5.91 Å². The van der Waals surface area contributed by atoms with Gasteiger partial charge in [-0.15, -0.1) is 0 Å². The minimum atomic E-state index is -0.960. The van der Waals surface area contributed by atoms with Gasteiger partial charge in [-0.25, -0.2) is 4.79 Å². The van der Waals surface area contributed by atoms with Crippen molar-refractivity contribution < 1.29 is 23.9 Å². The standard InChI is InChI=1S/C19H27N3O5/c1-11(23)10-19(2,3)22-15-13(14(20-22)18(26)27-4)16(24)21(17(15)25)12-8-6-5-7-9-12/h12-13,15H,5-10H2,1-4H3/t13-,15-/m1/s1. The first-order chi connectivity index (χ1) is 12.7. The van der Waals surface area contributed by atoms with Gasteiger partial charge in [-0.1, -0.05) is 19.3 Å². The Hall–Kier alpha value is -2.25. The Bertz CT molecular complexity index is 708. The number of nitrogens with zero attached hydrogens (tertiary/aromatic N) is 3. The quantitative estimate of drug-likeness (QED) is 0.529. The lowest BCUT2D eigenvalue weighted by atomic mass is 9.92. The number of carbonyl (C=O) groups is 4. The molecule has 1 saturated carbocycles. The van der Waals surface area contributed by atoms with Gasteiger partial charge in [-0.3, -0.25) is 24.3 Å². The highest BCUT2D eigenvalue weighted by atomic mass is 16.5. The number of hydrogen-bond acceptors (Lipinski definition) is 7. The highest BCUT2D eigenvalue weighted by molar-refractivity contribution is 6.44. The average Bonchev–Trinajstić information content (AvgIpc) is 3.12. The molecule has 0 N–H and O–H groups in total. The Morgan fingerprint density at radius 2 is 1.78 bits per heavy atom. The Kier molecular flexibility index (Phi) is 5.10. The normalized spacial score (nSPS) is 26.3. The van der Waals surface area contributed by atoms with E-state index in [4.69, 9.17) is 4.74 Å². The van der Waals surface area contributed by atoms with Crippen molar-refractivity contribution in [3.8, 4) is 0 Å². The van der Waals surface area contributed by atoms with E-state index in [0.717, 1.165) is 32.1 Å². The van der Waals surface area contributed by atoms with Crippen LogP contribution < -0.4 is 0 Å². The molecule has 0 aromatic carbocycles. The molecule has 2 heterocycles. The zero-order valence-corrected chi connectivity index (χ0v) is 16.4. The molecule has 2 atom stereocenters. The molecule has 0 unspecified atom stereocenters. The summed E-state index contributed by atoms with van der Waals surface area (Å²) in [6.45, 7) is 5.04. The van der Waals surface area contributed by atoms with Crippen LogP contribution in [0.5, 0.6) is 0 Å². The lowest BCUT2D eigenvalue weighted by Gasteiger charge is -2.37. The van der Waals surface area contributed by atoms with Gasteiger partial charge in [-0.05, 0) is 33.6 Å². The number of imide groups is 1. The maximum absolute atomic E-state index is 13.2. The van der Waals surface area contributed by atoms with Crippen LogP contribution in [0.2, 0.25) is 0 Å². The van der Waals surface area contributed by atoms with E-state index in [1.807, 2.05) is 0 Å². The molecule has 2 amide bonds. The summed E-state index contributed by atoms with van der Waals surface area (Å²) >= 11 is 0. The number of carbonyl (C=O) groups excluding carboxylic acids is 4.